The molecule has 0 N–H and O–H groups in total. The van der Waals surface area contributed by atoms with Crippen molar-refractivity contribution in [2.24, 2.45) is 0 Å². The summed E-state index contributed by atoms with van der Waals surface area (Å²) in [6.45, 7) is 9.26. The molecule has 0 saturated carbocycles. The number of benzene rings is 4. The molecule has 0 spiro atoms. The summed E-state index contributed by atoms with van der Waals surface area (Å²) in [6.07, 6.45) is 0. The van der Waals surface area contributed by atoms with Gasteiger partial charge in [0.1, 0.15) is 11.6 Å². The summed E-state index contributed by atoms with van der Waals surface area (Å²) in [4.78, 5) is 10.0. The van der Waals surface area contributed by atoms with E-state index in [-0.39, 0.29) is 10.8 Å². The Hall–Kier alpha value is -4.37. The molecule has 0 saturated heterocycles. The normalized spacial score (nSPS) is 16.2. The van der Waals surface area contributed by atoms with E-state index in [0.29, 0.717) is 0 Å². The lowest BCUT2D eigenvalue weighted by molar-refractivity contribution is 0.630. The van der Waals surface area contributed by atoms with E-state index in [2.05, 4.69) is 153 Å². The van der Waals surface area contributed by atoms with Crippen molar-refractivity contribution in [2.45, 2.75) is 38.5 Å². The number of para-hydroxylation sites is 4. The minimum absolute atomic E-state index is 0.0996. The van der Waals surface area contributed by atoms with Crippen LogP contribution < -0.4 is 9.80 Å². The summed E-state index contributed by atoms with van der Waals surface area (Å²) in [5, 5.41) is 0. The van der Waals surface area contributed by atoms with Crippen molar-refractivity contribution in [3.05, 3.63) is 138 Å². The van der Waals surface area contributed by atoms with Crippen LogP contribution in [0, 0.1) is 0 Å². The van der Waals surface area contributed by atoms with E-state index >= 15 is 0 Å². The first-order valence-corrected chi connectivity index (χ1v) is 13.3. The highest BCUT2D eigenvalue weighted by Gasteiger charge is 2.39. The molecule has 3 heteroatoms. The van der Waals surface area contributed by atoms with Crippen molar-refractivity contribution in [1.29, 1.82) is 0 Å². The van der Waals surface area contributed by atoms with Crippen LogP contribution in [-0.2, 0) is 10.8 Å². The third-order valence-corrected chi connectivity index (χ3v) is 8.45. The van der Waals surface area contributed by atoms with Crippen LogP contribution in [0.15, 0.2) is 115 Å². The van der Waals surface area contributed by atoms with Gasteiger partial charge in [-0.15, -0.1) is 0 Å². The number of rotatable bonds is 2. The molecule has 0 unspecified atom stereocenters. The highest BCUT2D eigenvalue weighted by atomic mass is 15.3. The maximum Gasteiger partial charge on any atom is 0.140 e. The van der Waals surface area contributed by atoms with E-state index < -0.39 is 0 Å². The number of fused-ring (bicyclic) bond motifs is 4. The highest BCUT2D eigenvalue weighted by Crippen LogP contribution is 2.53. The topological polar surface area (TPSA) is 19.4 Å². The Morgan fingerprint density at radius 3 is 1.00 bits per heavy atom. The fourth-order valence-corrected chi connectivity index (χ4v) is 6.49. The van der Waals surface area contributed by atoms with Gasteiger partial charge in [0.2, 0.25) is 0 Å². The van der Waals surface area contributed by atoms with Crippen LogP contribution in [0.2, 0.25) is 0 Å². The number of aromatic nitrogens is 1. The van der Waals surface area contributed by atoms with Gasteiger partial charge in [0, 0.05) is 10.8 Å². The van der Waals surface area contributed by atoms with Crippen molar-refractivity contribution in [1.82, 2.24) is 4.98 Å². The third kappa shape index (κ3) is 3.11. The van der Waals surface area contributed by atoms with Gasteiger partial charge in [0.15, 0.2) is 0 Å². The first-order valence-electron chi connectivity index (χ1n) is 13.3. The molecule has 38 heavy (non-hydrogen) atoms. The van der Waals surface area contributed by atoms with E-state index in [0.717, 1.165) is 11.6 Å². The van der Waals surface area contributed by atoms with Crippen LogP contribution in [0.5, 0.6) is 0 Å². The van der Waals surface area contributed by atoms with Crippen LogP contribution in [0.1, 0.15) is 49.9 Å². The van der Waals surface area contributed by atoms with Crippen LogP contribution in [0.25, 0.3) is 0 Å². The lowest BCUT2D eigenvalue weighted by Crippen LogP contribution is -2.32. The van der Waals surface area contributed by atoms with Gasteiger partial charge in [-0.25, -0.2) is 4.98 Å². The molecular weight excluding hydrogens is 462 g/mol. The molecule has 7 rings (SSSR count). The van der Waals surface area contributed by atoms with Crippen LogP contribution in [0.3, 0.4) is 0 Å². The van der Waals surface area contributed by atoms with E-state index in [1.54, 1.807) is 0 Å². The van der Waals surface area contributed by atoms with E-state index in [1.807, 2.05) is 0 Å². The molecule has 0 aliphatic carbocycles. The van der Waals surface area contributed by atoms with Crippen LogP contribution >= 0.6 is 0 Å². The lowest BCUT2D eigenvalue weighted by atomic mass is 9.73. The molecule has 3 heterocycles. The van der Waals surface area contributed by atoms with Gasteiger partial charge in [-0.3, -0.25) is 9.80 Å². The quantitative estimate of drug-likeness (QED) is 0.244. The lowest BCUT2D eigenvalue weighted by Gasteiger charge is -2.42. The minimum atomic E-state index is -0.0996. The Kier molecular flexibility index (Phi) is 4.84. The molecule has 4 aromatic carbocycles. The summed E-state index contributed by atoms with van der Waals surface area (Å²) in [7, 11) is 0. The zero-order valence-corrected chi connectivity index (χ0v) is 22.3. The predicted octanol–water partition coefficient (Wildman–Crippen LogP) is 9.30. The van der Waals surface area contributed by atoms with Gasteiger partial charge in [-0.05, 0) is 58.7 Å². The summed E-state index contributed by atoms with van der Waals surface area (Å²) in [6, 6.07) is 41.3. The zero-order valence-electron chi connectivity index (χ0n) is 22.3. The van der Waals surface area contributed by atoms with E-state index in [9.17, 15) is 0 Å². The zero-order chi connectivity index (χ0) is 26.1. The SMILES string of the molecule is CC1(C)c2ccccc2N(c2cccc(N3c4ccccc4C(C)(C)c4ccccc43)n2)c2ccccc21. The number of hydrogen-bond donors (Lipinski definition) is 0. The van der Waals surface area contributed by atoms with Crippen molar-refractivity contribution < 1.29 is 0 Å². The number of pyridine rings is 1. The summed E-state index contributed by atoms with van der Waals surface area (Å²) in [5.74, 6) is 1.83. The molecule has 1 aromatic heterocycles. The Morgan fingerprint density at radius 2 is 0.684 bits per heavy atom. The second-order valence-electron chi connectivity index (χ2n) is 11.3. The molecule has 2 aliphatic rings. The summed E-state index contributed by atoms with van der Waals surface area (Å²) in [5.41, 5.74) is 9.76. The van der Waals surface area contributed by atoms with Gasteiger partial charge >= 0.3 is 0 Å². The smallest absolute Gasteiger partial charge is 0.140 e. The number of hydrogen-bond acceptors (Lipinski definition) is 3. The second-order valence-corrected chi connectivity index (χ2v) is 11.3. The first kappa shape index (κ1) is 22.8. The Balaban J connectivity index is 1.45. The first-order chi connectivity index (χ1) is 18.4. The Bertz CT molecular complexity index is 1480. The number of nitrogens with zero attached hydrogens (tertiary/aromatic N) is 3. The molecule has 0 bridgehead atoms. The minimum Gasteiger partial charge on any atom is -0.294 e. The molecule has 0 amide bonds. The molecule has 186 valence electrons. The molecule has 2 aliphatic heterocycles. The molecule has 0 radical (unpaired) electrons. The average Bonchev–Trinajstić information content (AvgIpc) is 2.94. The second kappa shape index (κ2) is 8.06. The Morgan fingerprint density at radius 1 is 0.395 bits per heavy atom. The molecule has 0 fully saturated rings. The van der Waals surface area contributed by atoms with Gasteiger partial charge in [-0.1, -0.05) is 107 Å². The van der Waals surface area contributed by atoms with Gasteiger partial charge in [0.25, 0.3) is 0 Å². The maximum absolute atomic E-state index is 5.36. The van der Waals surface area contributed by atoms with Gasteiger partial charge in [-0.2, -0.15) is 0 Å². The maximum atomic E-state index is 5.36. The molecule has 3 nitrogen and oxygen atoms in total. The molecule has 5 aromatic rings. The highest BCUT2D eigenvalue weighted by molar-refractivity contribution is 5.87. The molecular formula is C35H31N3. The van der Waals surface area contributed by atoms with Gasteiger partial charge < -0.3 is 0 Å². The molecule has 0 atom stereocenters. The van der Waals surface area contributed by atoms with Gasteiger partial charge in [0.05, 0.1) is 22.7 Å². The van der Waals surface area contributed by atoms with Crippen LogP contribution in [0.4, 0.5) is 34.4 Å². The van der Waals surface area contributed by atoms with E-state index in [1.165, 1.54) is 45.0 Å². The Labute approximate surface area is 225 Å². The van der Waals surface area contributed by atoms with Crippen molar-refractivity contribution in [3.8, 4) is 0 Å². The van der Waals surface area contributed by atoms with Crippen LogP contribution in [-0.4, -0.2) is 4.98 Å². The fraction of sp³-hybridized carbons (Fsp3) is 0.171. The number of anilines is 6. The fourth-order valence-electron chi connectivity index (χ4n) is 6.49. The van der Waals surface area contributed by atoms with E-state index in [4.69, 9.17) is 4.98 Å². The van der Waals surface area contributed by atoms with Crippen molar-refractivity contribution >= 4 is 34.4 Å². The summed E-state index contributed by atoms with van der Waals surface area (Å²) >= 11 is 0. The monoisotopic (exact) mass is 493 g/mol. The average molecular weight is 494 g/mol. The largest absolute Gasteiger partial charge is 0.294 e. The van der Waals surface area contributed by atoms with Crippen molar-refractivity contribution in [2.75, 3.05) is 9.80 Å². The standard InChI is InChI=1S/C35H31N3/c1-34(2)24-14-5-9-18-28(24)37(29-19-10-6-15-25(29)34)32-22-13-23-33(36-32)38-30-20-11-7-16-26(30)35(3,4)27-17-8-12-21-31(27)38/h5-23H,1-4H3. The van der Waals surface area contributed by atoms with Crippen molar-refractivity contribution in [3.63, 3.8) is 0 Å². The predicted molar refractivity (Wildman–Crippen MR) is 158 cm³/mol. The summed E-state index contributed by atoms with van der Waals surface area (Å²) < 4.78 is 0. The third-order valence-electron chi connectivity index (χ3n) is 8.45.